The van der Waals surface area contributed by atoms with Crippen molar-refractivity contribution in [3.63, 3.8) is 0 Å². The zero-order valence-electron chi connectivity index (χ0n) is 7.04. The number of carboxylic acid groups (broad SMARTS) is 1. The van der Waals surface area contributed by atoms with Crippen molar-refractivity contribution in [1.29, 1.82) is 0 Å². The Balaban J connectivity index is 2.60. The van der Waals surface area contributed by atoms with Crippen LogP contribution in [-0.4, -0.2) is 16.2 Å². The van der Waals surface area contributed by atoms with Crippen LogP contribution in [0, 0.1) is 0 Å². The van der Waals surface area contributed by atoms with E-state index < -0.39 is 6.09 Å². The molecule has 1 amide bonds. The fourth-order valence-corrected chi connectivity index (χ4v) is 1.80. The quantitative estimate of drug-likeness (QED) is 0.733. The molecule has 1 aromatic carbocycles. The largest absolute Gasteiger partial charge is 0.465 e. The summed E-state index contributed by atoms with van der Waals surface area (Å²) in [6.07, 6.45) is 0.700. The average molecular weight is 255 g/mol. The summed E-state index contributed by atoms with van der Waals surface area (Å²) < 4.78 is 0.935. The minimum Gasteiger partial charge on any atom is -0.465 e. The van der Waals surface area contributed by atoms with E-state index in [-0.39, 0.29) is 0 Å². The second-order valence-electron chi connectivity index (χ2n) is 2.79. The summed E-state index contributed by atoms with van der Waals surface area (Å²) in [6, 6.07) is 5.39. The summed E-state index contributed by atoms with van der Waals surface area (Å²) in [5.41, 5.74) is 1.34. The number of hydrogen-bond acceptors (Lipinski definition) is 1. The molecule has 0 fully saturated rings. The molecule has 0 unspecified atom stereocenters. The van der Waals surface area contributed by atoms with Gasteiger partial charge in [-0.05, 0) is 18.2 Å². The fraction of sp³-hybridized carbons (Fsp3) is 0. The third-order valence-electron chi connectivity index (χ3n) is 1.91. The highest BCUT2D eigenvalue weighted by atomic mass is 79.9. The molecular weight excluding hydrogens is 248 g/mol. The number of anilines is 1. The van der Waals surface area contributed by atoms with Crippen molar-refractivity contribution in [1.82, 2.24) is 4.98 Å². The Labute approximate surface area is 88.1 Å². The Hall–Kier alpha value is -1.49. The van der Waals surface area contributed by atoms with E-state index in [0.717, 1.165) is 15.4 Å². The van der Waals surface area contributed by atoms with Gasteiger partial charge in [-0.3, -0.25) is 5.32 Å². The zero-order valence-corrected chi connectivity index (χ0v) is 8.63. The van der Waals surface area contributed by atoms with E-state index in [1.54, 1.807) is 18.3 Å². The number of H-pyrrole nitrogens is 1. The predicted octanol–water partition coefficient (Wildman–Crippen LogP) is 3.02. The molecule has 0 bridgehead atoms. The van der Waals surface area contributed by atoms with Gasteiger partial charge in [0.2, 0.25) is 0 Å². The standard InChI is InChI=1S/C9H7BrN2O2/c10-6-1-2-7(12-9(13)14)8-5(6)3-4-11-8/h1-4,11-12H,(H,13,14). The van der Waals surface area contributed by atoms with Gasteiger partial charge in [0.05, 0.1) is 11.2 Å². The van der Waals surface area contributed by atoms with Crippen LogP contribution in [0.1, 0.15) is 0 Å². The maximum Gasteiger partial charge on any atom is 0.409 e. The molecule has 0 saturated carbocycles. The Morgan fingerprint density at radius 1 is 1.43 bits per heavy atom. The van der Waals surface area contributed by atoms with Crippen molar-refractivity contribution < 1.29 is 9.90 Å². The summed E-state index contributed by atoms with van der Waals surface area (Å²) in [7, 11) is 0. The molecule has 0 aliphatic rings. The molecule has 2 rings (SSSR count). The first-order valence-corrected chi connectivity index (χ1v) is 4.73. The number of aromatic amines is 1. The van der Waals surface area contributed by atoms with Crippen LogP contribution < -0.4 is 5.32 Å². The molecule has 3 N–H and O–H groups in total. The fourth-order valence-electron chi connectivity index (χ4n) is 1.34. The molecular formula is C9H7BrN2O2. The van der Waals surface area contributed by atoms with E-state index >= 15 is 0 Å². The Kier molecular flexibility index (Phi) is 2.17. The second-order valence-corrected chi connectivity index (χ2v) is 3.65. The molecule has 0 radical (unpaired) electrons. The summed E-state index contributed by atoms with van der Waals surface area (Å²) in [4.78, 5) is 13.5. The molecule has 4 nitrogen and oxygen atoms in total. The number of amides is 1. The normalized spacial score (nSPS) is 10.4. The van der Waals surface area contributed by atoms with Crippen LogP contribution in [0.5, 0.6) is 0 Å². The number of rotatable bonds is 1. The van der Waals surface area contributed by atoms with Crippen LogP contribution in [0.25, 0.3) is 10.9 Å². The summed E-state index contributed by atoms with van der Waals surface area (Å²) >= 11 is 3.38. The van der Waals surface area contributed by atoms with Crippen molar-refractivity contribution in [2.24, 2.45) is 0 Å². The lowest BCUT2D eigenvalue weighted by molar-refractivity contribution is 0.210. The first-order valence-electron chi connectivity index (χ1n) is 3.94. The highest BCUT2D eigenvalue weighted by Crippen LogP contribution is 2.28. The SMILES string of the molecule is O=C(O)Nc1ccc(Br)c2cc[nH]c12. The van der Waals surface area contributed by atoms with Crippen LogP contribution >= 0.6 is 15.9 Å². The summed E-state index contributed by atoms with van der Waals surface area (Å²) in [5, 5.41) is 11.9. The van der Waals surface area contributed by atoms with Crippen LogP contribution in [0.3, 0.4) is 0 Å². The highest BCUT2D eigenvalue weighted by molar-refractivity contribution is 9.10. The Morgan fingerprint density at radius 3 is 2.93 bits per heavy atom. The smallest absolute Gasteiger partial charge is 0.409 e. The van der Waals surface area contributed by atoms with Crippen molar-refractivity contribution in [3.8, 4) is 0 Å². The number of halogens is 1. The molecule has 5 heteroatoms. The predicted molar refractivity (Wildman–Crippen MR) is 57.6 cm³/mol. The minimum absolute atomic E-state index is 0.556. The summed E-state index contributed by atoms with van der Waals surface area (Å²) in [5.74, 6) is 0. The van der Waals surface area contributed by atoms with Gasteiger partial charge in [0.25, 0.3) is 0 Å². The van der Waals surface area contributed by atoms with Gasteiger partial charge in [-0.1, -0.05) is 15.9 Å². The molecule has 72 valence electrons. The molecule has 1 aromatic heterocycles. The lowest BCUT2D eigenvalue weighted by Crippen LogP contribution is -2.07. The molecule has 0 atom stereocenters. The minimum atomic E-state index is -1.07. The second kappa shape index (κ2) is 3.34. The van der Waals surface area contributed by atoms with E-state index in [1.165, 1.54) is 0 Å². The summed E-state index contributed by atoms with van der Waals surface area (Å²) in [6.45, 7) is 0. The van der Waals surface area contributed by atoms with Gasteiger partial charge >= 0.3 is 6.09 Å². The number of hydrogen-bond donors (Lipinski definition) is 3. The first-order chi connectivity index (χ1) is 6.68. The third kappa shape index (κ3) is 1.46. The monoisotopic (exact) mass is 254 g/mol. The first kappa shape index (κ1) is 9.08. The van der Waals surface area contributed by atoms with Crippen molar-refractivity contribution in [3.05, 3.63) is 28.9 Å². The van der Waals surface area contributed by atoms with E-state index in [4.69, 9.17) is 5.11 Å². The third-order valence-corrected chi connectivity index (χ3v) is 2.60. The van der Waals surface area contributed by atoms with Gasteiger partial charge in [0.15, 0.2) is 0 Å². The lowest BCUT2D eigenvalue weighted by atomic mass is 10.2. The van der Waals surface area contributed by atoms with Crippen molar-refractivity contribution in [2.45, 2.75) is 0 Å². The van der Waals surface area contributed by atoms with Gasteiger partial charge in [-0.2, -0.15) is 0 Å². The number of fused-ring (bicyclic) bond motifs is 1. The van der Waals surface area contributed by atoms with Crippen LogP contribution in [0.4, 0.5) is 10.5 Å². The van der Waals surface area contributed by atoms with E-state index in [0.29, 0.717) is 5.69 Å². The molecule has 0 aliphatic carbocycles. The maximum absolute atomic E-state index is 10.5. The van der Waals surface area contributed by atoms with E-state index in [9.17, 15) is 4.79 Å². The molecule has 0 aliphatic heterocycles. The van der Waals surface area contributed by atoms with E-state index in [2.05, 4.69) is 26.2 Å². The van der Waals surface area contributed by atoms with E-state index in [1.807, 2.05) is 6.07 Å². The molecule has 14 heavy (non-hydrogen) atoms. The van der Waals surface area contributed by atoms with Crippen molar-refractivity contribution >= 4 is 38.6 Å². The number of nitrogens with one attached hydrogen (secondary N) is 2. The van der Waals surface area contributed by atoms with Gasteiger partial charge < -0.3 is 10.1 Å². The Bertz CT molecular complexity index is 493. The molecule has 1 heterocycles. The van der Waals surface area contributed by atoms with Gasteiger partial charge in [0, 0.05) is 16.1 Å². The van der Waals surface area contributed by atoms with Crippen LogP contribution in [0.15, 0.2) is 28.9 Å². The van der Waals surface area contributed by atoms with Crippen LogP contribution in [0.2, 0.25) is 0 Å². The number of carbonyl (C=O) groups is 1. The highest BCUT2D eigenvalue weighted by Gasteiger charge is 2.06. The average Bonchev–Trinajstić information content (AvgIpc) is 2.58. The van der Waals surface area contributed by atoms with Gasteiger partial charge in [-0.25, -0.2) is 4.79 Å². The molecule has 0 saturated heterocycles. The van der Waals surface area contributed by atoms with Gasteiger partial charge in [0.1, 0.15) is 0 Å². The number of benzene rings is 1. The van der Waals surface area contributed by atoms with Crippen LogP contribution in [-0.2, 0) is 0 Å². The lowest BCUT2D eigenvalue weighted by Gasteiger charge is -2.03. The Morgan fingerprint density at radius 2 is 2.21 bits per heavy atom. The molecule has 0 spiro atoms. The zero-order chi connectivity index (χ0) is 10.1. The maximum atomic E-state index is 10.5. The van der Waals surface area contributed by atoms with Crippen molar-refractivity contribution in [2.75, 3.05) is 5.32 Å². The topological polar surface area (TPSA) is 65.1 Å². The van der Waals surface area contributed by atoms with Gasteiger partial charge in [-0.15, -0.1) is 0 Å². The number of aromatic nitrogens is 1. The molecule has 2 aromatic rings.